The minimum absolute atomic E-state index is 0.154. The van der Waals surface area contributed by atoms with Crippen LogP contribution in [-0.4, -0.2) is 12.5 Å². The van der Waals surface area contributed by atoms with Crippen LogP contribution in [0.1, 0.15) is 29.5 Å². The molecule has 4 heteroatoms. The maximum absolute atomic E-state index is 11.8. The van der Waals surface area contributed by atoms with Gasteiger partial charge in [-0.3, -0.25) is 4.79 Å². The second-order valence-corrected chi connectivity index (χ2v) is 5.78. The molecular weight excluding hydrogens is 244 g/mol. The van der Waals surface area contributed by atoms with E-state index >= 15 is 0 Å². The van der Waals surface area contributed by atoms with Crippen molar-refractivity contribution in [2.75, 3.05) is 6.54 Å². The number of hydrogen-bond donors (Lipinski definition) is 2. The van der Waals surface area contributed by atoms with Crippen LogP contribution in [0, 0.1) is 23.7 Å². The van der Waals surface area contributed by atoms with Crippen LogP contribution in [0.5, 0.6) is 0 Å². The van der Waals surface area contributed by atoms with Gasteiger partial charge >= 0.3 is 0 Å². The van der Waals surface area contributed by atoms with E-state index in [1.165, 1.54) is 12.8 Å². The highest BCUT2D eigenvalue weighted by Crippen LogP contribution is 2.36. The van der Waals surface area contributed by atoms with Gasteiger partial charge in [0.15, 0.2) is 0 Å². The Morgan fingerprint density at radius 1 is 1.61 bits per heavy atom. The van der Waals surface area contributed by atoms with E-state index in [9.17, 15) is 4.79 Å². The van der Waals surface area contributed by atoms with Gasteiger partial charge in [-0.05, 0) is 30.9 Å². The molecule has 0 aromatic carbocycles. The summed E-state index contributed by atoms with van der Waals surface area (Å²) in [5.74, 6) is 6.75. The summed E-state index contributed by atoms with van der Waals surface area (Å²) in [6.45, 7) is 2.99. The summed E-state index contributed by atoms with van der Waals surface area (Å²) in [6, 6.07) is 3.98. The highest BCUT2D eigenvalue weighted by molar-refractivity contribution is 7.12. The molecule has 96 valence electrons. The first-order chi connectivity index (χ1) is 8.70. The summed E-state index contributed by atoms with van der Waals surface area (Å²) in [4.78, 5) is 14.0. The lowest BCUT2D eigenvalue weighted by molar-refractivity contribution is -0.125. The van der Waals surface area contributed by atoms with Gasteiger partial charge in [-0.25, -0.2) is 0 Å². The van der Waals surface area contributed by atoms with Crippen LogP contribution in [0.3, 0.4) is 0 Å². The molecule has 0 saturated heterocycles. The van der Waals surface area contributed by atoms with Gasteiger partial charge in [0.2, 0.25) is 5.91 Å². The van der Waals surface area contributed by atoms with Crippen molar-refractivity contribution in [3.05, 3.63) is 21.9 Å². The zero-order valence-corrected chi connectivity index (χ0v) is 11.3. The summed E-state index contributed by atoms with van der Waals surface area (Å²) < 4.78 is 0. The molecule has 1 fully saturated rings. The second kappa shape index (κ2) is 6.03. The van der Waals surface area contributed by atoms with Gasteiger partial charge in [-0.2, -0.15) is 0 Å². The van der Waals surface area contributed by atoms with Crippen LogP contribution in [0.4, 0.5) is 0 Å². The van der Waals surface area contributed by atoms with Crippen molar-refractivity contribution in [1.29, 1.82) is 0 Å². The van der Waals surface area contributed by atoms with Crippen molar-refractivity contribution < 1.29 is 4.79 Å². The molecule has 0 bridgehead atoms. The average molecular weight is 262 g/mol. The van der Waals surface area contributed by atoms with Crippen LogP contribution < -0.4 is 11.1 Å². The summed E-state index contributed by atoms with van der Waals surface area (Å²) >= 11 is 1.61. The molecule has 1 aromatic heterocycles. The maximum atomic E-state index is 11.8. The number of nitrogens with one attached hydrogen (secondary N) is 1. The molecule has 3 N–H and O–H groups in total. The third-order valence-corrected chi connectivity index (χ3v) is 4.16. The minimum Gasteiger partial charge on any atom is -0.351 e. The lowest BCUT2D eigenvalue weighted by atomic mass is 10.1. The van der Waals surface area contributed by atoms with E-state index in [1.807, 2.05) is 19.1 Å². The number of carbonyl (C=O) groups is 1. The van der Waals surface area contributed by atoms with Gasteiger partial charge in [0.25, 0.3) is 0 Å². The number of rotatable bonds is 4. The molecule has 0 spiro atoms. The van der Waals surface area contributed by atoms with Crippen molar-refractivity contribution in [3.8, 4) is 11.8 Å². The predicted octanol–water partition coefficient (Wildman–Crippen LogP) is 1.72. The zero-order chi connectivity index (χ0) is 13.0. The number of amides is 1. The second-order valence-electron chi connectivity index (χ2n) is 4.62. The van der Waals surface area contributed by atoms with Crippen LogP contribution >= 0.6 is 11.3 Å². The maximum Gasteiger partial charge on any atom is 0.223 e. The van der Waals surface area contributed by atoms with E-state index < -0.39 is 0 Å². The molecule has 2 rings (SSSR count). The van der Waals surface area contributed by atoms with Crippen molar-refractivity contribution in [2.45, 2.75) is 26.3 Å². The van der Waals surface area contributed by atoms with Crippen LogP contribution in [0.25, 0.3) is 0 Å². The average Bonchev–Trinajstić information content (AvgIpc) is 3.13. The molecule has 1 amide bonds. The molecular formula is C14H18N2OS. The molecule has 18 heavy (non-hydrogen) atoms. The molecule has 3 nitrogen and oxygen atoms in total. The quantitative estimate of drug-likeness (QED) is 0.812. The SMILES string of the molecule is CC(C(=O)NCc1ccc(C#CCN)s1)C1CC1. The molecule has 1 aliphatic rings. The van der Waals surface area contributed by atoms with Crippen molar-refractivity contribution in [1.82, 2.24) is 5.32 Å². The lowest BCUT2D eigenvalue weighted by Gasteiger charge is -2.09. The smallest absolute Gasteiger partial charge is 0.223 e. The number of carbonyl (C=O) groups excluding carboxylic acids is 1. The summed E-state index contributed by atoms with van der Waals surface area (Å²) in [5, 5.41) is 2.99. The molecule has 0 aliphatic heterocycles. The van der Waals surface area contributed by atoms with Crippen molar-refractivity contribution >= 4 is 17.2 Å². The highest BCUT2D eigenvalue weighted by atomic mass is 32.1. The van der Waals surface area contributed by atoms with Crippen molar-refractivity contribution in [2.24, 2.45) is 17.6 Å². The fourth-order valence-electron chi connectivity index (χ4n) is 1.82. The van der Waals surface area contributed by atoms with Gasteiger partial charge in [-0.15, -0.1) is 11.3 Å². The molecule has 1 aliphatic carbocycles. The standard InChI is InChI=1S/C14H18N2OS/c1-10(11-4-5-11)14(17)16-9-13-7-6-12(18-13)3-2-8-15/h6-7,10-11H,4-5,8-9,15H2,1H3,(H,16,17). The van der Waals surface area contributed by atoms with E-state index in [0.717, 1.165) is 9.75 Å². The Morgan fingerprint density at radius 2 is 2.39 bits per heavy atom. The Morgan fingerprint density at radius 3 is 3.06 bits per heavy atom. The van der Waals surface area contributed by atoms with Crippen LogP contribution in [0.2, 0.25) is 0 Å². The van der Waals surface area contributed by atoms with E-state index in [2.05, 4.69) is 17.2 Å². The Labute approximate surface area is 112 Å². The molecule has 1 saturated carbocycles. The topological polar surface area (TPSA) is 55.1 Å². The van der Waals surface area contributed by atoms with E-state index in [-0.39, 0.29) is 11.8 Å². The molecule has 1 unspecified atom stereocenters. The number of nitrogens with two attached hydrogens (primary N) is 1. The first-order valence-electron chi connectivity index (χ1n) is 6.26. The Balaban J connectivity index is 1.82. The fourth-order valence-corrected chi connectivity index (χ4v) is 2.65. The molecule has 1 heterocycles. The Hall–Kier alpha value is -1.31. The van der Waals surface area contributed by atoms with E-state index in [0.29, 0.717) is 19.0 Å². The Kier molecular flexibility index (Phi) is 4.40. The minimum atomic E-state index is 0.154. The largest absolute Gasteiger partial charge is 0.351 e. The zero-order valence-electron chi connectivity index (χ0n) is 10.5. The van der Waals surface area contributed by atoms with Crippen molar-refractivity contribution in [3.63, 3.8) is 0 Å². The Bertz CT molecular complexity index is 479. The van der Waals surface area contributed by atoms with Crippen LogP contribution in [0.15, 0.2) is 12.1 Å². The lowest BCUT2D eigenvalue weighted by Crippen LogP contribution is -2.29. The molecule has 1 aromatic rings. The highest BCUT2D eigenvalue weighted by Gasteiger charge is 2.32. The van der Waals surface area contributed by atoms with E-state index in [1.54, 1.807) is 11.3 Å². The third-order valence-electron chi connectivity index (χ3n) is 3.15. The van der Waals surface area contributed by atoms with E-state index in [4.69, 9.17) is 5.73 Å². The normalized spacial score (nSPS) is 15.7. The van der Waals surface area contributed by atoms with Gasteiger partial charge in [0.05, 0.1) is 18.0 Å². The monoisotopic (exact) mass is 262 g/mol. The first kappa shape index (κ1) is 13.1. The summed E-state index contributed by atoms with van der Waals surface area (Å²) in [7, 11) is 0. The summed E-state index contributed by atoms with van der Waals surface area (Å²) in [6.07, 6.45) is 2.40. The molecule has 1 atom stereocenters. The van der Waals surface area contributed by atoms with Gasteiger partial charge in [-0.1, -0.05) is 18.8 Å². The fraction of sp³-hybridized carbons (Fsp3) is 0.500. The first-order valence-corrected chi connectivity index (χ1v) is 7.07. The summed E-state index contributed by atoms with van der Waals surface area (Å²) in [5.41, 5.74) is 5.32. The van der Waals surface area contributed by atoms with Gasteiger partial charge in [0, 0.05) is 10.8 Å². The predicted molar refractivity (Wildman–Crippen MR) is 74.0 cm³/mol. The van der Waals surface area contributed by atoms with Gasteiger partial charge < -0.3 is 11.1 Å². The van der Waals surface area contributed by atoms with Gasteiger partial charge in [0.1, 0.15) is 0 Å². The molecule has 0 radical (unpaired) electrons. The number of thiophene rings is 1. The third kappa shape index (κ3) is 3.59. The van der Waals surface area contributed by atoms with Crippen LogP contribution in [-0.2, 0) is 11.3 Å². The number of hydrogen-bond acceptors (Lipinski definition) is 3.